The molecule has 5 heteroatoms. The molecule has 0 bridgehead atoms. The Hall–Kier alpha value is -1.46. The van der Waals surface area contributed by atoms with Gasteiger partial charge in [0.25, 0.3) is 0 Å². The number of rotatable bonds is 3. The van der Waals surface area contributed by atoms with Crippen molar-refractivity contribution in [1.82, 2.24) is 9.88 Å². The topological polar surface area (TPSA) is 42.4 Å². The summed E-state index contributed by atoms with van der Waals surface area (Å²) in [6.45, 7) is 2.62. The Balaban J connectivity index is 1.75. The molecule has 3 rings (SSSR count). The van der Waals surface area contributed by atoms with Crippen LogP contribution < -0.4 is 0 Å². The van der Waals surface area contributed by atoms with Crippen LogP contribution in [0.15, 0.2) is 24.3 Å². The Bertz CT molecular complexity index is 577. The Morgan fingerprint density at radius 2 is 2.26 bits per heavy atom. The van der Waals surface area contributed by atoms with Crippen molar-refractivity contribution in [2.75, 3.05) is 7.05 Å². The maximum atomic E-state index is 11.7. The van der Waals surface area contributed by atoms with Gasteiger partial charge in [-0.25, -0.2) is 4.98 Å². The van der Waals surface area contributed by atoms with Gasteiger partial charge in [0.05, 0.1) is 16.8 Å². The van der Waals surface area contributed by atoms with E-state index in [0.717, 1.165) is 16.9 Å². The second kappa shape index (κ2) is 4.90. The molecule has 0 saturated carbocycles. The Morgan fingerprint density at radius 1 is 1.47 bits per heavy atom. The number of thiazole rings is 1. The average molecular weight is 276 g/mol. The zero-order chi connectivity index (χ0) is 13.4. The molecule has 1 aromatic heterocycles. The highest BCUT2D eigenvalue weighted by Gasteiger charge is 2.34. The fourth-order valence-electron chi connectivity index (χ4n) is 2.41. The van der Waals surface area contributed by atoms with Crippen LogP contribution in [-0.2, 0) is 16.1 Å². The van der Waals surface area contributed by atoms with Gasteiger partial charge in [-0.05, 0) is 26.1 Å². The molecule has 1 aliphatic heterocycles. The first kappa shape index (κ1) is 12.6. The molecule has 1 saturated heterocycles. The number of para-hydroxylation sites is 1. The Kier molecular flexibility index (Phi) is 3.24. The molecule has 2 aromatic rings. The monoisotopic (exact) mass is 276 g/mol. The lowest BCUT2D eigenvalue weighted by atomic mass is 10.1. The number of likely N-dealkylation sites (N-methyl/N-ethyl adjacent to an activating group) is 1. The summed E-state index contributed by atoms with van der Waals surface area (Å²) in [6, 6.07) is 7.96. The maximum absolute atomic E-state index is 11.7. The lowest BCUT2D eigenvalue weighted by Gasteiger charge is -2.19. The molecule has 2 unspecified atom stereocenters. The molecule has 100 valence electrons. The van der Waals surface area contributed by atoms with E-state index in [1.54, 1.807) is 11.3 Å². The zero-order valence-corrected chi connectivity index (χ0v) is 11.8. The molecule has 4 nitrogen and oxygen atoms in total. The molecule has 19 heavy (non-hydrogen) atoms. The second-order valence-electron chi connectivity index (χ2n) is 4.99. The Labute approximate surface area is 116 Å². The third-order valence-electron chi connectivity index (χ3n) is 3.40. The van der Waals surface area contributed by atoms with Crippen molar-refractivity contribution >= 4 is 27.5 Å². The fourth-order valence-corrected chi connectivity index (χ4v) is 3.44. The lowest BCUT2D eigenvalue weighted by molar-refractivity contribution is -0.144. The van der Waals surface area contributed by atoms with Crippen LogP contribution in [0.5, 0.6) is 0 Å². The molecular formula is C14H16N2O2S. The number of hydrogen-bond donors (Lipinski definition) is 0. The van der Waals surface area contributed by atoms with Gasteiger partial charge in [-0.15, -0.1) is 11.3 Å². The molecule has 1 aromatic carbocycles. The van der Waals surface area contributed by atoms with Crippen LogP contribution in [0.25, 0.3) is 10.2 Å². The van der Waals surface area contributed by atoms with Gasteiger partial charge in [0.15, 0.2) is 0 Å². The number of cyclic esters (lactones) is 1. The van der Waals surface area contributed by atoms with Crippen molar-refractivity contribution in [2.24, 2.45) is 0 Å². The van der Waals surface area contributed by atoms with E-state index in [2.05, 4.69) is 11.1 Å². The highest BCUT2D eigenvalue weighted by Crippen LogP contribution is 2.25. The van der Waals surface area contributed by atoms with E-state index in [9.17, 15) is 4.79 Å². The summed E-state index contributed by atoms with van der Waals surface area (Å²) in [7, 11) is 1.95. The van der Waals surface area contributed by atoms with Crippen LogP contribution in [0.2, 0.25) is 0 Å². The molecule has 2 heterocycles. The summed E-state index contributed by atoms with van der Waals surface area (Å²) in [5, 5.41) is 1.04. The largest absolute Gasteiger partial charge is 0.461 e. The predicted molar refractivity (Wildman–Crippen MR) is 75.0 cm³/mol. The van der Waals surface area contributed by atoms with Crippen LogP contribution in [0.3, 0.4) is 0 Å². The van der Waals surface area contributed by atoms with Gasteiger partial charge >= 0.3 is 5.97 Å². The molecule has 0 amide bonds. The number of hydrogen-bond acceptors (Lipinski definition) is 5. The SMILES string of the molecule is CC1CC(N(C)Cc2nc3ccccc3s2)C(=O)O1. The number of benzene rings is 1. The minimum atomic E-state index is -0.137. The minimum absolute atomic E-state index is 0.0234. The van der Waals surface area contributed by atoms with Gasteiger partial charge in [0, 0.05) is 6.42 Å². The number of fused-ring (bicyclic) bond motifs is 1. The highest BCUT2D eigenvalue weighted by atomic mass is 32.1. The summed E-state index contributed by atoms with van der Waals surface area (Å²) in [6.07, 6.45) is 0.788. The van der Waals surface area contributed by atoms with Crippen LogP contribution in [-0.4, -0.2) is 35.0 Å². The normalized spacial score (nSPS) is 23.2. The molecule has 1 aliphatic rings. The van der Waals surface area contributed by atoms with E-state index in [0.29, 0.717) is 6.54 Å². The average Bonchev–Trinajstić information content (AvgIpc) is 2.91. The summed E-state index contributed by atoms with van der Waals surface area (Å²) >= 11 is 1.68. The number of carbonyl (C=O) groups is 1. The van der Waals surface area contributed by atoms with Crippen LogP contribution >= 0.6 is 11.3 Å². The predicted octanol–water partition coefficient (Wildman–Crippen LogP) is 2.43. The van der Waals surface area contributed by atoms with Gasteiger partial charge in [-0.3, -0.25) is 9.69 Å². The van der Waals surface area contributed by atoms with Gasteiger partial charge in [-0.1, -0.05) is 12.1 Å². The van der Waals surface area contributed by atoms with Crippen molar-refractivity contribution in [1.29, 1.82) is 0 Å². The van der Waals surface area contributed by atoms with Crippen LogP contribution in [0, 0.1) is 0 Å². The number of esters is 1. The van der Waals surface area contributed by atoms with Crippen LogP contribution in [0.4, 0.5) is 0 Å². The van der Waals surface area contributed by atoms with Crippen LogP contribution in [0.1, 0.15) is 18.4 Å². The lowest BCUT2D eigenvalue weighted by Crippen LogP contribution is -2.34. The Morgan fingerprint density at radius 3 is 2.95 bits per heavy atom. The first-order valence-electron chi connectivity index (χ1n) is 6.38. The molecule has 0 spiro atoms. The van der Waals surface area contributed by atoms with E-state index in [1.165, 1.54) is 4.70 Å². The first-order valence-corrected chi connectivity index (χ1v) is 7.20. The third kappa shape index (κ3) is 2.48. The summed E-state index contributed by atoms with van der Waals surface area (Å²) in [5.41, 5.74) is 1.03. The minimum Gasteiger partial charge on any atom is -0.461 e. The molecule has 1 fully saturated rings. The van der Waals surface area contributed by atoms with E-state index < -0.39 is 0 Å². The van der Waals surface area contributed by atoms with Gasteiger partial charge < -0.3 is 4.74 Å². The standard InChI is InChI=1S/C14H16N2O2S/c1-9-7-11(14(17)18-9)16(2)8-13-15-10-5-3-4-6-12(10)19-13/h3-6,9,11H,7-8H2,1-2H3. The van der Waals surface area contributed by atoms with Crippen molar-refractivity contribution in [3.63, 3.8) is 0 Å². The van der Waals surface area contributed by atoms with Crippen molar-refractivity contribution in [3.8, 4) is 0 Å². The number of carbonyl (C=O) groups excluding carboxylic acids is 1. The second-order valence-corrected chi connectivity index (χ2v) is 6.10. The number of ether oxygens (including phenoxy) is 1. The van der Waals surface area contributed by atoms with Gasteiger partial charge in [0.1, 0.15) is 17.2 Å². The van der Waals surface area contributed by atoms with E-state index >= 15 is 0 Å². The summed E-state index contributed by atoms with van der Waals surface area (Å²) in [5.74, 6) is -0.115. The van der Waals surface area contributed by atoms with E-state index in [-0.39, 0.29) is 18.1 Å². The van der Waals surface area contributed by atoms with E-state index in [1.807, 2.05) is 37.1 Å². The molecule has 2 atom stereocenters. The van der Waals surface area contributed by atoms with Gasteiger partial charge in [0.2, 0.25) is 0 Å². The van der Waals surface area contributed by atoms with Crippen molar-refractivity contribution < 1.29 is 9.53 Å². The number of aromatic nitrogens is 1. The van der Waals surface area contributed by atoms with E-state index in [4.69, 9.17) is 4.74 Å². The van der Waals surface area contributed by atoms with Crippen molar-refractivity contribution in [2.45, 2.75) is 32.0 Å². The smallest absolute Gasteiger partial charge is 0.323 e. The highest BCUT2D eigenvalue weighted by molar-refractivity contribution is 7.18. The van der Waals surface area contributed by atoms with Gasteiger partial charge in [-0.2, -0.15) is 0 Å². The first-order chi connectivity index (χ1) is 9.13. The molecule has 0 N–H and O–H groups in total. The molecular weight excluding hydrogens is 260 g/mol. The maximum Gasteiger partial charge on any atom is 0.323 e. The summed E-state index contributed by atoms with van der Waals surface area (Å²) in [4.78, 5) is 18.3. The third-order valence-corrected chi connectivity index (χ3v) is 4.42. The zero-order valence-electron chi connectivity index (χ0n) is 11.0. The van der Waals surface area contributed by atoms with Crippen molar-refractivity contribution in [3.05, 3.63) is 29.3 Å². The number of nitrogens with zero attached hydrogens (tertiary/aromatic N) is 2. The molecule has 0 aliphatic carbocycles. The summed E-state index contributed by atoms with van der Waals surface area (Å²) < 4.78 is 6.38. The fraction of sp³-hybridized carbons (Fsp3) is 0.429. The quantitative estimate of drug-likeness (QED) is 0.808. The molecule has 0 radical (unpaired) electrons.